The van der Waals surface area contributed by atoms with Gasteiger partial charge in [0.05, 0.1) is 32.0 Å². The van der Waals surface area contributed by atoms with Gasteiger partial charge >= 0.3 is 0 Å². The second-order valence-corrected chi connectivity index (χ2v) is 9.91. The molecule has 0 aliphatic heterocycles. The lowest BCUT2D eigenvalue weighted by atomic mass is 10.1. The molecule has 0 saturated heterocycles. The SMILES string of the molecule is COc1cc(/C=C/C(=O)Nc2ccc(Cl)c(S(=O)(=O)Nc3ccc(C)cc3C)c2)cc(OC)c1OC. The molecule has 2 N–H and O–H groups in total. The summed E-state index contributed by atoms with van der Waals surface area (Å²) in [5.74, 6) is 0.851. The normalized spacial score (nSPS) is 11.3. The van der Waals surface area contributed by atoms with E-state index >= 15 is 0 Å². The predicted octanol–water partition coefficient (Wildman–Crippen LogP) is 5.44. The van der Waals surface area contributed by atoms with E-state index in [1.165, 1.54) is 45.6 Å². The molecule has 10 heteroatoms. The summed E-state index contributed by atoms with van der Waals surface area (Å²) in [6.07, 6.45) is 2.87. The standard InChI is InChI=1S/C26H27ClN2O6S/c1-16-6-10-21(17(2)12-16)29-36(31,32)24-15-19(8-9-20(24)27)28-25(30)11-7-18-13-22(33-3)26(35-5)23(14-18)34-4/h6-15,29H,1-5H3,(H,28,30)/b11-7+. The first kappa shape index (κ1) is 26.9. The van der Waals surface area contributed by atoms with Gasteiger partial charge in [-0.05, 0) is 67.4 Å². The van der Waals surface area contributed by atoms with E-state index in [0.29, 0.717) is 28.5 Å². The highest BCUT2D eigenvalue weighted by Crippen LogP contribution is 2.38. The lowest BCUT2D eigenvalue weighted by Crippen LogP contribution is -2.15. The van der Waals surface area contributed by atoms with E-state index in [9.17, 15) is 13.2 Å². The third-order valence-electron chi connectivity index (χ3n) is 5.23. The second-order valence-electron chi connectivity index (χ2n) is 7.85. The molecule has 0 spiro atoms. The Bertz CT molecular complexity index is 1390. The Kier molecular flexibility index (Phi) is 8.49. The van der Waals surface area contributed by atoms with E-state index in [2.05, 4.69) is 10.0 Å². The first-order chi connectivity index (χ1) is 17.1. The van der Waals surface area contributed by atoms with Crippen molar-refractivity contribution in [1.82, 2.24) is 0 Å². The number of ether oxygens (including phenoxy) is 3. The number of methoxy groups -OCH3 is 3. The molecule has 0 unspecified atom stereocenters. The number of carbonyl (C=O) groups excluding carboxylic acids is 1. The van der Waals surface area contributed by atoms with E-state index in [1.54, 1.807) is 24.3 Å². The smallest absolute Gasteiger partial charge is 0.263 e. The molecule has 0 atom stereocenters. The summed E-state index contributed by atoms with van der Waals surface area (Å²) in [7, 11) is 0.493. The van der Waals surface area contributed by atoms with Gasteiger partial charge in [-0.2, -0.15) is 0 Å². The average molecular weight is 531 g/mol. The highest BCUT2D eigenvalue weighted by atomic mass is 35.5. The number of rotatable bonds is 9. The van der Waals surface area contributed by atoms with Crippen LogP contribution in [0.2, 0.25) is 5.02 Å². The first-order valence-corrected chi connectivity index (χ1v) is 12.6. The number of carbonyl (C=O) groups is 1. The highest BCUT2D eigenvalue weighted by molar-refractivity contribution is 7.92. The molecular weight excluding hydrogens is 504 g/mol. The first-order valence-electron chi connectivity index (χ1n) is 10.8. The summed E-state index contributed by atoms with van der Waals surface area (Å²) in [6, 6.07) is 13.0. The molecule has 0 fully saturated rings. The van der Waals surface area contributed by atoms with Gasteiger partial charge in [0.2, 0.25) is 11.7 Å². The monoisotopic (exact) mass is 530 g/mol. The van der Waals surface area contributed by atoms with Crippen molar-refractivity contribution in [1.29, 1.82) is 0 Å². The van der Waals surface area contributed by atoms with Crippen LogP contribution in [0.3, 0.4) is 0 Å². The molecular formula is C26H27ClN2O6S. The van der Waals surface area contributed by atoms with E-state index in [1.807, 2.05) is 26.0 Å². The van der Waals surface area contributed by atoms with Crippen molar-refractivity contribution < 1.29 is 27.4 Å². The van der Waals surface area contributed by atoms with Crippen LogP contribution in [0.4, 0.5) is 11.4 Å². The van der Waals surface area contributed by atoms with Gasteiger partial charge in [-0.25, -0.2) is 8.42 Å². The zero-order chi connectivity index (χ0) is 26.5. The third kappa shape index (κ3) is 6.30. The van der Waals surface area contributed by atoms with Gasteiger partial charge in [0.1, 0.15) is 4.90 Å². The maximum absolute atomic E-state index is 13.0. The van der Waals surface area contributed by atoms with E-state index in [0.717, 1.165) is 11.1 Å². The number of hydrogen-bond acceptors (Lipinski definition) is 6. The van der Waals surface area contributed by atoms with Crippen LogP contribution in [0.1, 0.15) is 16.7 Å². The zero-order valence-electron chi connectivity index (χ0n) is 20.5. The van der Waals surface area contributed by atoms with Gasteiger partial charge in [-0.15, -0.1) is 0 Å². The lowest BCUT2D eigenvalue weighted by molar-refractivity contribution is -0.111. The maximum Gasteiger partial charge on any atom is 0.263 e. The third-order valence-corrected chi connectivity index (χ3v) is 7.08. The number of halogens is 1. The van der Waals surface area contributed by atoms with Crippen molar-refractivity contribution in [3.63, 3.8) is 0 Å². The van der Waals surface area contributed by atoms with E-state index in [-0.39, 0.29) is 15.6 Å². The van der Waals surface area contributed by atoms with Crippen molar-refractivity contribution in [3.05, 3.63) is 76.3 Å². The quantitative estimate of drug-likeness (QED) is 0.357. The van der Waals surface area contributed by atoms with E-state index in [4.69, 9.17) is 25.8 Å². The minimum Gasteiger partial charge on any atom is -0.493 e. The molecule has 0 radical (unpaired) electrons. The molecule has 0 bridgehead atoms. The van der Waals surface area contributed by atoms with Gasteiger partial charge in [0.15, 0.2) is 11.5 Å². The van der Waals surface area contributed by atoms with Gasteiger partial charge in [0, 0.05) is 11.8 Å². The predicted molar refractivity (Wildman–Crippen MR) is 142 cm³/mol. The number of anilines is 2. The van der Waals surface area contributed by atoms with Crippen LogP contribution >= 0.6 is 11.6 Å². The van der Waals surface area contributed by atoms with Crippen LogP contribution in [0.15, 0.2) is 59.5 Å². The van der Waals surface area contributed by atoms with Crippen LogP contribution in [0.5, 0.6) is 17.2 Å². The number of benzene rings is 3. The molecule has 8 nitrogen and oxygen atoms in total. The fourth-order valence-corrected chi connectivity index (χ4v) is 5.13. The molecule has 0 heterocycles. The molecule has 0 saturated carbocycles. The largest absolute Gasteiger partial charge is 0.493 e. The maximum atomic E-state index is 13.0. The summed E-state index contributed by atoms with van der Waals surface area (Å²) < 4.78 is 44.5. The topological polar surface area (TPSA) is 103 Å². The number of hydrogen-bond donors (Lipinski definition) is 2. The molecule has 36 heavy (non-hydrogen) atoms. The number of sulfonamides is 1. The minimum atomic E-state index is -4.01. The average Bonchev–Trinajstić information content (AvgIpc) is 2.84. The number of aryl methyl sites for hydroxylation is 2. The summed E-state index contributed by atoms with van der Waals surface area (Å²) in [4.78, 5) is 12.4. The fourth-order valence-electron chi connectivity index (χ4n) is 3.47. The van der Waals surface area contributed by atoms with Crippen molar-refractivity contribution in [3.8, 4) is 17.2 Å². The van der Waals surface area contributed by atoms with Gasteiger partial charge in [-0.3, -0.25) is 9.52 Å². The molecule has 3 aromatic rings. The summed E-state index contributed by atoms with van der Waals surface area (Å²) in [5.41, 5.74) is 3.13. The van der Waals surface area contributed by atoms with Crippen LogP contribution in [-0.4, -0.2) is 35.7 Å². The van der Waals surface area contributed by atoms with Crippen molar-refractivity contribution in [2.75, 3.05) is 31.4 Å². The molecule has 190 valence electrons. The Morgan fingerprint density at radius 3 is 2.17 bits per heavy atom. The van der Waals surface area contributed by atoms with Crippen molar-refractivity contribution >= 4 is 45.0 Å². The molecule has 0 aliphatic carbocycles. The number of nitrogens with one attached hydrogen (secondary N) is 2. The Morgan fingerprint density at radius 2 is 1.58 bits per heavy atom. The number of amides is 1. The molecule has 1 amide bonds. The molecule has 0 aliphatic rings. The minimum absolute atomic E-state index is 0.0261. The Morgan fingerprint density at radius 1 is 0.917 bits per heavy atom. The molecule has 3 rings (SSSR count). The Hall–Kier alpha value is -3.69. The van der Waals surface area contributed by atoms with E-state index < -0.39 is 15.9 Å². The summed E-state index contributed by atoms with van der Waals surface area (Å²) >= 11 is 6.19. The van der Waals surface area contributed by atoms with Crippen LogP contribution in [0, 0.1) is 13.8 Å². The van der Waals surface area contributed by atoms with Gasteiger partial charge in [0.25, 0.3) is 10.0 Å². The van der Waals surface area contributed by atoms with Crippen LogP contribution < -0.4 is 24.2 Å². The Labute approximate surface area is 215 Å². The fraction of sp³-hybridized carbons (Fsp3) is 0.192. The van der Waals surface area contributed by atoms with Gasteiger partial charge in [-0.1, -0.05) is 29.3 Å². The Balaban J connectivity index is 1.81. The van der Waals surface area contributed by atoms with Crippen molar-refractivity contribution in [2.45, 2.75) is 18.7 Å². The lowest BCUT2D eigenvalue weighted by Gasteiger charge is -2.13. The second kappa shape index (κ2) is 11.4. The molecule has 3 aromatic carbocycles. The summed E-state index contributed by atoms with van der Waals surface area (Å²) in [5, 5.41) is 2.68. The van der Waals surface area contributed by atoms with Crippen LogP contribution in [0.25, 0.3) is 6.08 Å². The molecule has 0 aromatic heterocycles. The van der Waals surface area contributed by atoms with Crippen LogP contribution in [-0.2, 0) is 14.8 Å². The highest BCUT2D eigenvalue weighted by Gasteiger charge is 2.20. The van der Waals surface area contributed by atoms with Crippen molar-refractivity contribution in [2.24, 2.45) is 0 Å². The van der Waals surface area contributed by atoms with Gasteiger partial charge < -0.3 is 19.5 Å². The zero-order valence-corrected chi connectivity index (χ0v) is 22.1. The summed E-state index contributed by atoms with van der Waals surface area (Å²) in [6.45, 7) is 3.73.